The molecule has 2 amide bonds. The molecule has 2 spiro atoms. The number of hydrogen-bond acceptors (Lipinski definition) is 7. The molecule has 2 aromatic heterocycles. The van der Waals surface area contributed by atoms with E-state index < -0.39 is 11.1 Å². The smallest absolute Gasteiger partial charge is 0.260 e. The molecular weight excluding hydrogens is 481 g/mol. The number of amides is 2. The van der Waals surface area contributed by atoms with E-state index in [1.165, 1.54) is 9.75 Å². The number of aryl methyl sites for hydroxylation is 2. The SMILES string of the molecule is CSC1=NC2(CCCc3sccc32)C(=O)N1C.O=C1NC(=S)NC12CCCc1sccc12. The summed E-state index contributed by atoms with van der Waals surface area (Å²) in [4.78, 5) is 33.6. The zero-order chi connectivity index (χ0) is 22.5. The molecule has 6 rings (SSSR count). The lowest BCUT2D eigenvalue weighted by Gasteiger charge is -2.30. The number of fused-ring (bicyclic) bond motifs is 4. The van der Waals surface area contributed by atoms with Crippen molar-refractivity contribution in [3.63, 3.8) is 0 Å². The van der Waals surface area contributed by atoms with E-state index >= 15 is 0 Å². The Morgan fingerprint density at radius 3 is 2.38 bits per heavy atom. The number of nitrogens with zero attached hydrogens (tertiary/aromatic N) is 2. The zero-order valence-electron chi connectivity index (χ0n) is 17.9. The minimum Gasteiger partial charge on any atom is -0.344 e. The third-order valence-electron chi connectivity index (χ3n) is 6.65. The van der Waals surface area contributed by atoms with Crippen molar-refractivity contribution in [3.8, 4) is 0 Å². The maximum atomic E-state index is 12.5. The number of aliphatic imine (C=N–C) groups is 1. The van der Waals surface area contributed by atoms with E-state index in [2.05, 4.69) is 22.1 Å². The predicted octanol–water partition coefficient (Wildman–Crippen LogP) is 3.75. The van der Waals surface area contributed by atoms with Gasteiger partial charge < -0.3 is 10.6 Å². The number of amidine groups is 1. The molecule has 0 aromatic carbocycles. The quantitative estimate of drug-likeness (QED) is 0.535. The Balaban J connectivity index is 0.000000136. The Bertz CT molecular complexity index is 1140. The van der Waals surface area contributed by atoms with E-state index in [4.69, 9.17) is 17.2 Å². The van der Waals surface area contributed by atoms with Gasteiger partial charge in [0.25, 0.3) is 11.8 Å². The third-order valence-corrected chi connectivity index (χ3v) is 9.55. The average molecular weight is 505 g/mol. The normalized spacial score (nSPS) is 28.1. The van der Waals surface area contributed by atoms with Crippen LogP contribution in [0.1, 0.15) is 46.6 Å². The lowest BCUT2D eigenvalue weighted by Crippen LogP contribution is -2.45. The molecule has 2 atom stereocenters. The fourth-order valence-corrected chi connectivity index (χ4v) is 8.00. The summed E-state index contributed by atoms with van der Waals surface area (Å²) in [5.74, 6) is 0.146. The fraction of sp³-hybridized carbons (Fsp3) is 0.455. The van der Waals surface area contributed by atoms with Gasteiger partial charge in [0.15, 0.2) is 15.8 Å². The van der Waals surface area contributed by atoms with Crippen molar-refractivity contribution >= 4 is 68.7 Å². The second-order valence-corrected chi connectivity index (χ2v) is 11.5. The Morgan fingerprint density at radius 2 is 1.75 bits per heavy atom. The van der Waals surface area contributed by atoms with Crippen LogP contribution >= 0.6 is 46.7 Å². The van der Waals surface area contributed by atoms with Gasteiger partial charge in [0, 0.05) is 27.9 Å². The average Bonchev–Trinajstić information content (AvgIpc) is 3.55. The van der Waals surface area contributed by atoms with E-state index in [-0.39, 0.29) is 11.8 Å². The van der Waals surface area contributed by atoms with Crippen molar-refractivity contribution in [1.29, 1.82) is 0 Å². The van der Waals surface area contributed by atoms with Gasteiger partial charge in [-0.05, 0) is 79.9 Å². The lowest BCUT2D eigenvalue weighted by molar-refractivity contribution is -0.131. The van der Waals surface area contributed by atoms with Gasteiger partial charge in [-0.15, -0.1) is 22.7 Å². The Hall–Kier alpha value is -1.75. The molecule has 0 bridgehead atoms. The Kier molecular flexibility index (Phi) is 5.68. The maximum absolute atomic E-state index is 12.5. The number of carbonyl (C=O) groups excluding carboxylic acids is 2. The van der Waals surface area contributed by atoms with Gasteiger partial charge in [-0.25, -0.2) is 4.99 Å². The second-order valence-electron chi connectivity index (χ2n) is 8.36. The zero-order valence-corrected chi connectivity index (χ0v) is 21.2. The van der Waals surface area contributed by atoms with E-state index in [9.17, 15) is 9.59 Å². The minimum atomic E-state index is -0.597. The number of hydrogen-bond donors (Lipinski definition) is 2. The van der Waals surface area contributed by atoms with Crippen LogP contribution in [0.4, 0.5) is 0 Å². The van der Waals surface area contributed by atoms with E-state index in [0.29, 0.717) is 5.11 Å². The summed E-state index contributed by atoms with van der Waals surface area (Å²) < 4.78 is 0. The van der Waals surface area contributed by atoms with Crippen LogP contribution in [0.3, 0.4) is 0 Å². The fourth-order valence-electron chi connectivity index (χ4n) is 5.13. The van der Waals surface area contributed by atoms with Gasteiger partial charge in [-0.3, -0.25) is 14.5 Å². The van der Waals surface area contributed by atoms with Crippen molar-refractivity contribution in [2.75, 3.05) is 13.3 Å². The summed E-state index contributed by atoms with van der Waals surface area (Å²) in [5.41, 5.74) is 1.11. The lowest BCUT2D eigenvalue weighted by atomic mass is 9.80. The molecule has 2 aliphatic heterocycles. The summed E-state index contributed by atoms with van der Waals surface area (Å²) >= 11 is 10.0. The van der Waals surface area contributed by atoms with Crippen LogP contribution < -0.4 is 10.6 Å². The molecule has 0 radical (unpaired) electrons. The van der Waals surface area contributed by atoms with Crippen LogP contribution in [0.15, 0.2) is 27.9 Å². The molecule has 32 heavy (non-hydrogen) atoms. The summed E-state index contributed by atoms with van der Waals surface area (Å²) in [6.07, 6.45) is 7.92. The van der Waals surface area contributed by atoms with Gasteiger partial charge in [0.05, 0.1) is 0 Å². The third kappa shape index (κ3) is 3.26. The summed E-state index contributed by atoms with van der Waals surface area (Å²) in [7, 11) is 1.83. The van der Waals surface area contributed by atoms with E-state index in [0.717, 1.165) is 54.8 Å². The highest BCUT2D eigenvalue weighted by molar-refractivity contribution is 8.13. The molecule has 168 valence electrons. The highest BCUT2D eigenvalue weighted by Crippen LogP contribution is 2.45. The highest BCUT2D eigenvalue weighted by Gasteiger charge is 2.51. The first-order valence-electron chi connectivity index (χ1n) is 10.6. The first-order valence-corrected chi connectivity index (χ1v) is 14.0. The highest BCUT2D eigenvalue weighted by atomic mass is 32.2. The number of thiocarbonyl (C=S) groups is 1. The molecule has 2 unspecified atom stereocenters. The van der Waals surface area contributed by atoms with Crippen molar-refractivity contribution in [3.05, 3.63) is 43.8 Å². The Labute approximate surface area is 204 Å². The number of thioether (sulfide) groups is 1. The van der Waals surface area contributed by atoms with Crippen molar-refractivity contribution in [1.82, 2.24) is 15.5 Å². The van der Waals surface area contributed by atoms with Gasteiger partial charge in [0.1, 0.15) is 5.54 Å². The van der Waals surface area contributed by atoms with Gasteiger partial charge >= 0.3 is 0 Å². The molecule has 4 heterocycles. The van der Waals surface area contributed by atoms with E-state index in [1.807, 2.05) is 24.7 Å². The van der Waals surface area contributed by atoms with Crippen LogP contribution in [0.25, 0.3) is 0 Å². The largest absolute Gasteiger partial charge is 0.344 e. The Morgan fingerprint density at radius 1 is 1.09 bits per heavy atom. The van der Waals surface area contributed by atoms with Crippen molar-refractivity contribution < 1.29 is 9.59 Å². The molecule has 10 heteroatoms. The summed E-state index contributed by atoms with van der Waals surface area (Å²) in [6, 6.07) is 4.12. The monoisotopic (exact) mass is 504 g/mol. The van der Waals surface area contributed by atoms with Crippen molar-refractivity contribution in [2.45, 2.75) is 49.6 Å². The molecule has 2 aromatic rings. The number of thiophene rings is 2. The molecule has 2 aliphatic carbocycles. The molecule has 0 saturated carbocycles. The van der Waals surface area contributed by atoms with Crippen LogP contribution in [0, 0.1) is 0 Å². The molecular formula is C22H24N4O2S4. The van der Waals surface area contributed by atoms with Crippen molar-refractivity contribution in [2.24, 2.45) is 4.99 Å². The second kappa shape index (κ2) is 8.23. The first-order chi connectivity index (χ1) is 15.4. The molecule has 1 fully saturated rings. The minimum absolute atomic E-state index is 0.00634. The standard InChI is InChI=1S/C12H14N2OS2.C10H10N2OS2/c1-14-10(15)12(13-11(14)16-2)6-3-4-9-8(12)5-7-17-9;13-8-10(12-9(14)11-8)4-1-2-7-6(10)3-5-15-7/h5,7H,3-4,6H2,1-2H3;3,5H,1-2,4H2,(H2,11,12,13,14). The van der Waals surface area contributed by atoms with Crippen LogP contribution in [-0.4, -0.2) is 40.3 Å². The van der Waals surface area contributed by atoms with E-state index in [1.54, 1.807) is 39.3 Å². The molecule has 4 aliphatic rings. The topological polar surface area (TPSA) is 73.8 Å². The predicted molar refractivity (Wildman–Crippen MR) is 135 cm³/mol. The first kappa shape index (κ1) is 22.1. The number of carbonyl (C=O) groups is 2. The van der Waals surface area contributed by atoms with Gasteiger partial charge in [-0.2, -0.15) is 0 Å². The van der Waals surface area contributed by atoms with Gasteiger partial charge in [0.2, 0.25) is 0 Å². The molecule has 6 nitrogen and oxygen atoms in total. The van der Waals surface area contributed by atoms with Crippen LogP contribution in [-0.2, 0) is 33.5 Å². The van der Waals surface area contributed by atoms with Crippen LogP contribution in [0.5, 0.6) is 0 Å². The number of rotatable bonds is 0. The maximum Gasteiger partial charge on any atom is 0.260 e. The summed E-state index contributed by atoms with van der Waals surface area (Å²) in [5, 5.41) is 11.3. The number of likely N-dealkylation sites (N-methyl/N-ethyl adjacent to an activating group) is 1. The number of nitrogens with one attached hydrogen (secondary N) is 2. The molecule has 2 N–H and O–H groups in total. The summed E-state index contributed by atoms with van der Waals surface area (Å²) in [6.45, 7) is 0. The van der Waals surface area contributed by atoms with Gasteiger partial charge in [-0.1, -0.05) is 11.8 Å². The van der Waals surface area contributed by atoms with Crippen LogP contribution in [0.2, 0.25) is 0 Å². The molecule has 1 saturated heterocycles.